The van der Waals surface area contributed by atoms with E-state index in [0.717, 1.165) is 34.9 Å². The first kappa shape index (κ1) is 44.9. The molecule has 262 valence electrons. The number of halogens is 3. The van der Waals surface area contributed by atoms with Crippen LogP contribution >= 0.6 is 57.2 Å². The Bertz CT molecular complexity index is 1370. The third-order valence-corrected chi connectivity index (χ3v) is 20.1. The Labute approximate surface area is 300 Å². The maximum Gasteiger partial charge on any atom is 0.192 e. The first-order chi connectivity index (χ1) is 21.1. The van der Waals surface area contributed by atoms with Gasteiger partial charge in [-0.1, -0.05) is 72.2 Å². The number of thiophene rings is 3. The molecule has 0 atom stereocenters. The summed E-state index contributed by atoms with van der Waals surface area (Å²) in [5.74, 6) is 0. The van der Waals surface area contributed by atoms with Crippen molar-refractivity contribution in [2.24, 2.45) is 0 Å². The summed E-state index contributed by atoms with van der Waals surface area (Å²) in [4.78, 5) is 33.3. The average Bonchev–Trinajstić information content (AvgIpc) is 3.68. The molecule has 0 aliphatic carbocycles. The van der Waals surface area contributed by atoms with Gasteiger partial charge in [0, 0.05) is 11.1 Å². The largest absolute Gasteiger partial charge is 0.413 e. The smallest absolute Gasteiger partial charge is 0.192 e. The maximum atomic E-state index is 10.7. The molecule has 6 nitrogen and oxygen atoms in total. The summed E-state index contributed by atoms with van der Waals surface area (Å²) in [6, 6.07) is 5.30. The second-order valence-electron chi connectivity index (χ2n) is 12.9. The second-order valence-corrected chi connectivity index (χ2v) is 26.8. The van der Waals surface area contributed by atoms with Crippen LogP contribution in [0.15, 0.2) is 23.6 Å². The SMILES string of the molecule is C.CC(C)(C)[Si](C)(C)OCc1cc(C=O)sc1Cl.CC(C)(C)[Si](C)(C)OCc1csc(C=O)c1.O=Cc1cc(CO)c(Cl)s1.[2H]CF. The predicted molar refractivity (Wildman–Crippen MR) is 203 cm³/mol. The highest BCUT2D eigenvalue weighted by atomic mass is 35.5. The van der Waals surface area contributed by atoms with E-state index in [0.29, 0.717) is 37.2 Å². The molecule has 0 bridgehead atoms. The molecular weight excluding hydrogens is 723 g/mol. The number of carbonyl (C=O) groups excluding carboxylic acids is 3. The molecule has 14 heteroatoms. The van der Waals surface area contributed by atoms with Crippen molar-refractivity contribution in [3.05, 3.63) is 63.6 Å². The third kappa shape index (κ3) is 15.4. The minimum Gasteiger partial charge on any atom is -0.413 e. The van der Waals surface area contributed by atoms with Crippen LogP contribution in [-0.2, 0) is 28.7 Å². The molecule has 3 aromatic heterocycles. The van der Waals surface area contributed by atoms with Crippen LogP contribution in [0, 0.1) is 0 Å². The highest BCUT2D eigenvalue weighted by molar-refractivity contribution is 7.18. The monoisotopic (exact) mass is 773 g/mol. The fourth-order valence-electron chi connectivity index (χ4n) is 2.66. The van der Waals surface area contributed by atoms with Gasteiger partial charge in [-0.2, -0.15) is 0 Å². The van der Waals surface area contributed by atoms with Crippen molar-refractivity contribution in [2.75, 3.05) is 7.15 Å². The molecule has 0 spiro atoms. The zero-order valence-corrected chi connectivity index (χ0v) is 33.7. The standard InChI is InChI=1S/C12H19ClO2SSi.C12H20O2SSi.C6H5ClO2S.CH3F.CH4/c1-12(2,3)17(4,5)15-8-9-6-10(7-14)16-11(9)13;1-12(2,3)16(4,5)14-8-10-6-11(7-13)15-9-10;7-6-4(2-8)1-5(3-9)10-6;1-2;/h6-7H,8H2,1-5H3;6-7,9H,8H2,1-5H3;1,3,8H,2H2;1H3;1H4/i;;;1D;. The molecule has 0 saturated carbocycles. The maximum absolute atomic E-state index is 10.7. The van der Waals surface area contributed by atoms with Crippen LogP contribution in [-0.4, -0.2) is 47.8 Å². The molecule has 0 aliphatic rings. The second kappa shape index (κ2) is 21.1. The van der Waals surface area contributed by atoms with Gasteiger partial charge in [0.2, 0.25) is 0 Å². The summed E-state index contributed by atoms with van der Waals surface area (Å²) in [5.41, 5.74) is 2.65. The minimum atomic E-state index is -1.75. The molecule has 0 fully saturated rings. The van der Waals surface area contributed by atoms with E-state index >= 15 is 0 Å². The van der Waals surface area contributed by atoms with Crippen molar-refractivity contribution >= 4 is 92.7 Å². The number of carbonyl (C=O) groups is 3. The van der Waals surface area contributed by atoms with Gasteiger partial charge in [-0.3, -0.25) is 18.8 Å². The molecule has 1 N–H and O–H groups in total. The number of alkyl halides is 1. The first-order valence-corrected chi connectivity index (χ1v) is 22.9. The molecule has 3 rings (SSSR count). The Hall–Kier alpha value is -1.07. The van der Waals surface area contributed by atoms with E-state index in [1.165, 1.54) is 34.0 Å². The van der Waals surface area contributed by atoms with E-state index in [-0.39, 0.29) is 24.1 Å². The van der Waals surface area contributed by atoms with E-state index in [1.807, 2.05) is 17.5 Å². The summed E-state index contributed by atoms with van der Waals surface area (Å²) in [5, 5.41) is 11.0. The molecule has 0 amide bonds. The van der Waals surface area contributed by atoms with Crippen molar-refractivity contribution in [1.29, 1.82) is 0 Å². The van der Waals surface area contributed by atoms with E-state index in [4.69, 9.17) is 38.5 Å². The van der Waals surface area contributed by atoms with Gasteiger partial charge in [0.15, 0.2) is 35.5 Å². The average molecular weight is 775 g/mol. The van der Waals surface area contributed by atoms with Gasteiger partial charge in [0.05, 0.1) is 51.6 Å². The molecule has 46 heavy (non-hydrogen) atoms. The Morgan fingerprint density at radius 2 is 1.20 bits per heavy atom. The summed E-state index contributed by atoms with van der Waals surface area (Å²) >= 11 is 15.6. The molecular formula is C32H51Cl2FO6S3Si2. The van der Waals surface area contributed by atoms with Crippen molar-refractivity contribution in [1.82, 2.24) is 0 Å². The van der Waals surface area contributed by atoms with Gasteiger partial charge in [-0.05, 0) is 65.4 Å². The van der Waals surface area contributed by atoms with Crippen LogP contribution in [0.1, 0.15) is 96.0 Å². The van der Waals surface area contributed by atoms with Crippen LogP contribution in [0.2, 0.25) is 44.9 Å². The third-order valence-electron chi connectivity index (χ3n) is 7.55. The Kier molecular flexibility index (Phi) is 20.6. The first-order valence-electron chi connectivity index (χ1n) is 14.6. The lowest BCUT2D eigenvalue weighted by molar-refractivity contribution is 0.111. The number of hydrogen-bond donors (Lipinski definition) is 1. The molecule has 0 aromatic carbocycles. The van der Waals surface area contributed by atoms with Gasteiger partial charge in [0.1, 0.15) is 0 Å². The van der Waals surface area contributed by atoms with E-state index < -0.39 is 23.8 Å². The number of aliphatic hydroxyl groups excluding tert-OH is 1. The van der Waals surface area contributed by atoms with Crippen molar-refractivity contribution < 1.29 is 34.1 Å². The van der Waals surface area contributed by atoms with Crippen LogP contribution in [0.4, 0.5) is 4.39 Å². The van der Waals surface area contributed by atoms with Gasteiger partial charge in [0.25, 0.3) is 0 Å². The molecule has 0 aliphatic heterocycles. The molecule has 3 aromatic rings. The van der Waals surface area contributed by atoms with E-state index in [2.05, 4.69) is 67.7 Å². The fourth-order valence-corrected chi connectivity index (χ4v) is 7.45. The number of aldehydes is 3. The van der Waals surface area contributed by atoms with E-state index in [9.17, 15) is 18.8 Å². The number of hydrogen-bond acceptors (Lipinski definition) is 9. The van der Waals surface area contributed by atoms with Crippen molar-refractivity contribution in [3.63, 3.8) is 0 Å². The summed E-state index contributed by atoms with van der Waals surface area (Å²) in [6.07, 6.45) is 2.43. The molecule has 0 saturated heterocycles. The zero-order valence-electron chi connectivity index (χ0n) is 28.7. The highest BCUT2D eigenvalue weighted by Crippen LogP contribution is 2.39. The van der Waals surface area contributed by atoms with Gasteiger partial charge >= 0.3 is 0 Å². The topological polar surface area (TPSA) is 89.9 Å². The number of aliphatic hydroxyl groups is 1. The molecule has 0 unspecified atom stereocenters. The van der Waals surface area contributed by atoms with Crippen LogP contribution in [0.3, 0.4) is 0 Å². The number of rotatable bonds is 10. The lowest BCUT2D eigenvalue weighted by atomic mass is 10.2. The highest BCUT2D eigenvalue weighted by Gasteiger charge is 2.38. The summed E-state index contributed by atoms with van der Waals surface area (Å²) in [7, 11) is -4.43. The summed E-state index contributed by atoms with van der Waals surface area (Å²) < 4.78 is 28.8. The summed E-state index contributed by atoms with van der Waals surface area (Å²) in [6.45, 7) is 23.2. The van der Waals surface area contributed by atoms with E-state index in [1.54, 1.807) is 6.07 Å². The van der Waals surface area contributed by atoms with Crippen LogP contribution in [0.25, 0.3) is 0 Å². The van der Waals surface area contributed by atoms with Gasteiger partial charge in [-0.15, -0.1) is 34.0 Å². The van der Waals surface area contributed by atoms with Crippen LogP contribution < -0.4 is 0 Å². The molecule has 3 heterocycles. The van der Waals surface area contributed by atoms with Crippen molar-refractivity contribution in [2.45, 2.75) is 105 Å². The quantitative estimate of drug-likeness (QED) is 0.163. The predicted octanol–water partition coefficient (Wildman–Crippen LogP) is 11.7. The lowest BCUT2D eigenvalue weighted by Gasteiger charge is -2.36. The lowest BCUT2D eigenvalue weighted by Crippen LogP contribution is -2.40. The molecule has 0 radical (unpaired) electrons. The van der Waals surface area contributed by atoms with Gasteiger partial charge < -0.3 is 14.0 Å². The Balaban J connectivity index is 0. The normalized spacial score (nSPS) is 11.7. The zero-order chi connectivity index (χ0) is 35.9. The van der Waals surface area contributed by atoms with Crippen LogP contribution in [0.5, 0.6) is 0 Å². The van der Waals surface area contributed by atoms with Crippen molar-refractivity contribution in [3.8, 4) is 0 Å². The Morgan fingerprint density at radius 3 is 1.52 bits per heavy atom. The Morgan fingerprint density at radius 1 is 0.804 bits per heavy atom. The minimum absolute atomic E-state index is 0. The fraction of sp³-hybridized carbons (Fsp3) is 0.531. The van der Waals surface area contributed by atoms with Gasteiger partial charge in [-0.25, -0.2) is 0 Å².